The van der Waals surface area contributed by atoms with E-state index in [0.29, 0.717) is 22.2 Å². The predicted octanol–water partition coefficient (Wildman–Crippen LogP) is 4.39. The van der Waals surface area contributed by atoms with Crippen LogP contribution in [0.4, 0.5) is 22.9 Å². The van der Waals surface area contributed by atoms with E-state index in [4.69, 9.17) is 11.6 Å². The largest absolute Gasteiger partial charge is 0.338 e. The number of nitrogens with zero attached hydrogens (tertiary/aromatic N) is 2. The summed E-state index contributed by atoms with van der Waals surface area (Å²) in [5.74, 6) is -0.0973. The summed E-state index contributed by atoms with van der Waals surface area (Å²) in [6.45, 7) is 3.32. The lowest BCUT2D eigenvalue weighted by atomic mass is 10.2. The summed E-state index contributed by atoms with van der Waals surface area (Å²) in [5, 5.41) is 17.2. The molecule has 28 heavy (non-hydrogen) atoms. The molecular formula is C20H18ClN5O2. The van der Waals surface area contributed by atoms with Crippen molar-refractivity contribution < 1.29 is 9.59 Å². The number of carbonyl (C=O) groups excluding carboxylic acids is 2. The summed E-state index contributed by atoms with van der Waals surface area (Å²) in [5.41, 5.74) is 3.00. The van der Waals surface area contributed by atoms with Gasteiger partial charge in [0.25, 0.3) is 5.91 Å². The number of hydrogen-bond donors (Lipinski definition) is 3. The summed E-state index contributed by atoms with van der Waals surface area (Å²) in [6, 6.07) is 15.6. The van der Waals surface area contributed by atoms with Crippen LogP contribution in [0.2, 0.25) is 5.02 Å². The molecule has 0 radical (unpaired) electrons. The molecule has 8 heteroatoms. The third-order valence-electron chi connectivity index (χ3n) is 3.87. The number of carbonyl (C=O) groups is 2. The summed E-state index contributed by atoms with van der Waals surface area (Å²) in [6.07, 6.45) is 0. The molecule has 1 aromatic heterocycles. The Kier molecular flexibility index (Phi) is 5.86. The lowest BCUT2D eigenvalue weighted by Gasteiger charge is -2.10. The van der Waals surface area contributed by atoms with Gasteiger partial charge in [-0.15, -0.1) is 10.2 Å². The fourth-order valence-corrected chi connectivity index (χ4v) is 2.65. The number of rotatable bonds is 5. The number of amides is 2. The van der Waals surface area contributed by atoms with Crippen LogP contribution in [-0.4, -0.2) is 22.0 Å². The van der Waals surface area contributed by atoms with Gasteiger partial charge in [-0.05, 0) is 55.0 Å². The van der Waals surface area contributed by atoms with Crippen molar-refractivity contribution in [3.8, 4) is 0 Å². The van der Waals surface area contributed by atoms with E-state index in [1.54, 1.807) is 36.4 Å². The molecule has 0 saturated carbocycles. The molecule has 1 heterocycles. The minimum atomic E-state index is -0.405. The SMILES string of the molecule is CC(=O)Nc1cccc(NC(=O)c2ccc(Nc3cccc(Cl)c3C)nn2)c1. The summed E-state index contributed by atoms with van der Waals surface area (Å²) in [7, 11) is 0. The van der Waals surface area contributed by atoms with Crippen LogP contribution in [0.15, 0.2) is 54.6 Å². The molecule has 2 aromatic carbocycles. The highest BCUT2D eigenvalue weighted by molar-refractivity contribution is 6.31. The number of hydrogen-bond acceptors (Lipinski definition) is 5. The van der Waals surface area contributed by atoms with E-state index >= 15 is 0 Å². The van der Waals surface area contributed by atoms with Gasteiger partial charge < -0.3 is 16.0 Å². The molecule has 142 valence electrons. The Bertz CT molecular complexity index is 1020. The van der Waals surface area contributed by atoms with Crippen molar-refractivity contribution in [2.45, 2.75) is 13.8 Å². The van der Waals surface area contributed by atoms with Crippen LogP contribution < -0.4 is 16.0 Å². The first-order chi connectivity index (χ1) is 13.4. The van der Waals surface area contributed by atoms with Gasteiger partial charge in [0.15, 0.2) is 11.5 Å². The predicted molar refractivity (Wildman–Crippen MR) is 110 cm³/mol. The van der Waals surface area contributed by atoms with Crippen molar-refractivity contribution in [2.24, 2.45) is 0 Å². The van der Waals surface area contributed by atoms with Crippen LogP contribution in [0.3, 0.4) is 0 Å². The lowest BCUT2D eigenvalue weighted by molar-refractivity contribution is -0.114. The van der Waals surface area contributed by atoms with E-state index in [2.05, 4.69) is 26.1 Å². The normalized spacial score (nSPS) is 10.2. The van der Waals surface area contributed by atoms with E-state index in [9.17, 15) is 9.59 Å². The van der Waals surface area contributed by atoms with Crippen molar-refractivity contribution >= 4 is 46.3 Å². The molecule has 0 aliphatic heterocycles. The first kappa shape index (κ1) is 19.3. The quantitative estimate of drug-likeness (QED) is 0.595. The van der Waals surface area contributed by atoms with Crippen molar-refractivity contribution in [1.82, 2.24) is 10.2 Å². The summed E-state index contributed by atoms with van der Waals surface area (Å²) >= 11 is 6.11. The monoisotopic (exact) mass is 395 g/mol. The average Bonchev–Trinajstić information content (AvgIpc) is 2.66. The summed E-state index contributed by atoms with van der Waals surface area (Å²) in [4.78, 5) is 23.5. The third kappa shape index (κ3) is 4.83. The lowest BCUT2D eigenvalue weighted by Crippen LogP contribution is -2.15. The Morgan fingerprint density at radius 3 is 2.32 bits per heavy atom. The molecule has 7 nitrogen and oxygen atoms in total. The number of nitrogens with one attached hydrogen (secondary N) is 3. The fourth-order valence-electron chi connectivity index (χ4n) is 2.47. The van der Waals surface area contributed by atoms with Gasteiger partial charge in [0, 0.05) is 29.0 Å². The molecule has 0 saturated heterocycles. The van der Waals surface area contributed by atoms with Gasteiger partial charge in [-0.3, -0.25) is 9.59 Å². The van der Waals surface area contributed by atoms with Crippen molar-refractivity contribution in [3.63, 3.8) is 0 Å². The minimum Gasteiger partial charge on any atom is -0.338 e. The van der Waals surface area contributed by atoms with Crippen molar-refractivity contribution in [3.05, 3.63) is 70.9 Å². The second kappa shape index (κ2) is 8.49. The van der Waals surface area contributed by atoms with Crippen LogP contribution in [0.5, 0.6) is 0 Å². The molecule has 0 spiro atoms. The second-order valence-corrected chi connectivity index (χ2v) is 6.46. The van der Waals surface area contributed by atoms with E-state index in [0.717, 1.165) is 11.3 Å². The Morgan fingerprint density at radius 1 is 0.929 bits per heavy atom. The molecule has 0 unspecified atom stereocenters. The van der Waals surface area contributed by atoms with Crippen LogP contribution in [-0.2, 0) is 4.79 Å². The number of aromatic nitrogens is 2. The van der Waals surface area contributed by atoms with Gasteiger partial charge >= 0.3 is 0 Å². The average molecular weight is 396 g/mol. The van der Waals surface area contributed by atoms with E-state index in [1.165, 1.54) is 6.92 Å². The molecule has 3 N–H and O–H groups in total. The molecular weight excluding hydrogens is 378 g/mol. The van der Waals surface area contributed by atoms with Crippen LogP contribution >= 0.6 is 11.6 Å². The summed E-state index contributed by atoms with van der Waals surface area (Å²) < 4.78 is 0. The van der Waals surface area contributed by atoms with E-state index < -0.39 is 5.91 Å². The fraction of sp³-hybridized carbons (Fsp3) is 0.100. The minimum absolute atomic E-state index is 0.165. The van der Waals surface area contributed by atoms with Crippen molar-refractivity contribution in [2.75, 3.05) is 16.0 Å². The van der Waals surface area contributed by atoms with Crippen LogP contribution in [0.1, 0.15) is 23.0 Å². The Hall–Kier alpha value is -3.45. The molecule has 0 aliphatic carbocycles. The van der Waals surface area contributed by atoms with Gasteiger partial charge in [-0.25, -0.2) is 0 Å². The molecule has 3 aromatic rings. The highest BCUT2D eigenvalue weighted by Gasteiger charge is 2.10. The Labute approximate surface area is 167 Å². The van der Waals surface area contributed by atoms with Gasteiger partial charge in [0.1, 0.15) is 0 Å². The maximum atomic E-state index is 12.4. The number of benzene rings is 2. The molecule has 2 amide bonds. The molecule has 0 fully saturated rings. The number of halogens is 1. The zero-order valence-corrected chi connectivity index (χ0v) is 16.0. The third-order valence-corrected chi connectivity index (χ3v) is 4.28. The van der Waals surface area contributed by atoms with Gasteiger partial charge in [-0.1, -0.05) is 23.7 Å². The maximum Gasteiger partial charge on any atom is 0.276 e. The Morgan fingerprint density at radius 2 is 1.64 bits per heavy atom. The first-order valence-electron chi connectivity index (χ1n) is 8.47. The Balaban J connectivity index is 1.68. The van der Waals surface area contributed by atoms with Crippen molar-refractivity contribution in [1.29, 1.82) is 0 Å². The second-order valence-electron chi connectivity index (χ2n) is 6.06. The smallest absolute Gasteiger partial charge is 0.276 e. The molecule has 0 bridgehead atoms. The van der Waals surface area contributed by atoms with Gasteiger partial charge in [0.05, 0.1) is 0 Å². The molecule has 3 rings (SSSR count). The maximum absolute atomic E-state index is 12.4. The zero-order chi connectivity index (χ0) is 20.1. The highest BCUT2D eigenvalue weighted by Crippen LogP contribution is 2.25. The van der Waals surface area contributed by atoms with E-state index in [-0.39, 0.29) is 11.6 Å². The molecule has 0 atom stereocenters. The first-order valence-corrected chi connectivity index (χ1v) is 8.85. The van der Waals surface area contributed by atoms with E-state index in [1.807, 2.05) is 25.1 Å². The number of anilines is 4. The standard InChI is InChI=1S/C20H18ClN5O2/c1-12-16(21)7-4-8-17(12)24-19-10-9-18(25-26-19)20(28)23-15-6-3-5-14(11-15)22-13(2)27/h3-11H,1-2H3,(H,22,27)(H,23,28)(H,24,26). The van der Waals surface area contributed by atoms with Crippen LogP contribution in [0, 0.1) is 6.92 Å². The van der Waals surface area contributed by atoms with Gasteiger partial charge in [0.2, 0.25) is 5.91 Å². The topological polar surface area (TPSA) is 96.0 Å². The zero-order valence-electron chi connectivity index (χ0n) is 15.3. The molecule has 0 aliphatic rings. The highest BCUT2D eigenvalue weighted by atomic mass is 35.5. The van der Waals surface area contributed by atoms with Crippen LogP contribution in [0.25, 0.3) is 0 Å². The van der Waals surface area contributed by atoms with Gasteiger partial charge in [-0.2, -0.15) is 0 Å².